The molecule has 0 N–H and O–H groups in total. The van der Waals surface area contributed by atoms with Gasteiger partial charge in [-0.2, -0.15) is 0 Å². The molecule has 1 heterocycles. The SMILES string of the molecule is CC(C)CCCC(C)C1CCC2C3CC=C4CC(OC(=O)OCc5ccco5)CCC4(C)C3CCC12C. The topological polar surface area (TPSA) is 48.7 Å². The van der Waals surface area contributed by atoms with E-state index < -0.39 is 6.16 Å². The molecule has 206 valence electrons. The fourth-order valence-electron chi connectivity index (χ4n) is 9.45. The van der Waals surface area contributed by atoms with E-state index in [0.717, 1.165) is 54.8 Å². The quantitative estimate of drug-likeness (QED) is 0.258. The van der Waals surface area contributed by atoms with Crippen molar-refractivity contribution in [1.29, 1.82) is 0 Å². The lowest BCUT2D eigenvalue weighted by Crippen LogP contribution is -2.51. The fraction of sp³-hybridized carbons (Fsp3) is 0.788. The molecule has 0 amide bonds. The molecule has 8 unspecified atom stereocenters. The highest BCUT2D eigenvalue weighted by molar-refractivity contribution is 5.60. The minimum Gasteiger partial charge on any atom is -0.466 e. The van der Waals surface area contributed by atoms with Gasteiger partial charge in [-0.1, -0.05) is 65.5 Å². The van der Waals surface area contributed by atoms with Gasteiger partial charge in [0.25, 0.3) is 0 Å². The highest BCUT2D eigenvalue weighted by atomic mass is 16.7. The predicted octanol–water partition coefficient (Wildman–Crippen LogP) is 9.34. The van der Waals surface area contributed by atoms with Crippen molar-refractivity contribution in [2.45, 2.75) is 118 Å². The molecule has 4 heteroatoms. The molecule has 0 aliphatic heterocycles. The van der Waals surface area contributed by atoms with Crippen LogP contribution in [0.25, 0.3) is 0 Å². The van der Waals surface area contributed by atoms with Crippen molar-refractivity contribution in [2.75, 3.05) is 0 Å². The average Bonchev–Trinajstić information content (AvgIpc) is 3.50. The van der Waals surface area contributed by atoms with Crippen molar-refractivity contribution in [3.05, 3.63) is 35.8 Å². The maximum absolute atomic E-state index is 12.3. The summed E-state index contributed by atoms with van der Waals surface area (Å²) in [5, 5.41) is 0. The number of rotatable bonds is 8. The van der Waals surface area contributed by atoms with Crippen LogP contribution in [0.3, 0.4) is 0 Å². The third-order valence-corrected chi connectivity index (χ3v) is 11.4. The summed E-state index contributed by atoms with van der Waals surface area (Å²) in [4.78, 5) is 12.3. The van der Waals surface area contributed by atoms with Gasteiger partial charge in [-0.25, -0.2) is 4.79 Å². The normalized spacial score (nSPS) is 37.8. The van der Waals surface area contributed by atoms with E-state index in [1.807, 2.05) is 0 Å². The number of furan rings is 1. The van der Waals surface area contributed by atoms with Crippen LogP contribution in [0.2, 0.25) is 0 Å². The van der Waals surface area contributed by atoms with Crippen LogP contribution >= 0.6 is 0 Å². The zero-order valence-corrected chi connectivity index (χ0v) is 24.0. The van der Waals surface area contributed by atoms with Crippen LogP contribution < -0.4 is 0 Å². The Bertz CT molecular complexity index is 948. The number of ether oxygens (including phenoxy) is 2. The van der Waals surface area contributed by atoms with Crippen LogP contribution in [-0.4, -0.2) is 12.3 Å². The first kappa shape index (κ1) is 26.9. The second kappa shape index (κ2) is 10.8. The third-order valence-electron chi connectivity index (χ3n) is 11.4. The molecule has 8 atom stereocenters. The number of hydrogen-bond donors (Lipinski definition) is 0. The van der Waals surface area contributed by atoms with E-state index in [1.165, 1.54) is 51.4 Å². The van der Waals surface area contributed by atoms with E-state index in [1.54, 1.807) is 24.0 Å². The van der Waals surface area contributed by atoms with Gasteiger partial charge in [0, 0.05) is 6.42 Å². The number of fused-ring (bicyclic) bond motifs is 5. The minimum atomic E-state index is -0.577. The van der Waals surface area contributed by atoms with E-state index in [2.05, 4.69) is 40.7 Å². The monoisotopic (exact) mass is 510 g/mol. The number of allylic oxidation sites excluding steroid dienone is 1. The van der Waals surface area contributed by atoms with Crippen molar-refractivity contribution < 1.29 is 18.7 Å². The summed E-state index contributed by atoms with van der Waals surface area (Å²) in [6.07, 6.45) is 17.5. The molecule has 1 aromatic heterocycles. The zero-order valence-electron chi connectivity index (χ0n) is 24.0. The Morgan fingerprint density at radius 2 is 1.92 bits per heavy atom. The smallest absolute Gasteiger partial charge is 0.466 e. The van der Waals surface area contributed by atoms with Crippen molar-refractivity contribution in [3.63, 3.8) is 0 Å². The average molecular weight is 511 g/mol. The van der Waals surface area contributed by atoms with Gasteiger partial charge in [-0.3, -0.25) is 0 Å². The van der Waals surface area contributed by atoms with Crippen LogP contribution in [0.4, 0.5) is 4.79 Å². The molecular weight excluding hydrogens is 460 g/mol. The van der Waals surface area contributed by atoms with Gasteiger partial charge in [-0.15, -0.1) is 0 Å². The van der Waals surface area contributed by atoms with Crippen LogP contribution in [0.5, 0.6) is 0 Å². The van der Waals surface area contributed by atoms with E-state index in [0.29, 0.717) is 11.2 Å². The molecule has 4 nitrogen and oxygen atoms in total. The van der Waals surface area contributed by atoms with Crippen LogP contribution in [0.15, 0.2) is 34.5 Å². The van der Waals surface area contributed by atoms with Gasteiger partial charge < -0.3 is 13.9 Å². The summed E-state index contributed by atoms with van der Waals surface area (Å²) in [6, 6.07) is 3.60. The second-order valence-electron chi connectivity index (χ2n) is 13.9. The summed E-state index contributed by atoms with van der Waals surface area (Å²) in [5.41, 5.74) is 2.34. The Hall–Kier alpha value is -1.71. The van der Waals surface area contributed by atoms with E-state index in [4.69, 9.17) is 13.9 Å². The molecule has 3 saturated carbocycles. The predicted molar refractivity (Wildman–Crippen MR) is 147 cm³/mol. The van der Waals surface area contributed by atoms with Crippen LogP contribution in [0.1, 0.15) is 111 Å². The highest BCUT2D eigenvalue weighted by Crippen LogP contribution is 2.67. The molecule has 0 saturated heterocycles. The molecule has 3 fully saturated rings. The van der Waals surface area contributed by atoms with E-state index in [9.17, 15) is 4.79 Å². The second-order valence-corrected chi connectivity index (χ2v) is 13.9. The van der Waals surface area contributed by atoms with Crippen molar-refractivity contribution >= 4 is 6.16 Å². The molecule has 0 spiro atoms. The number of carbonyl (C=O) groups excluding carboxylic acids is 1. The summed E-state index contributed by atoms with van der Waals surface area (Å²) < 4.78 is 16.3. The lowest BCUT2D eigenvalue weighted by molar-refractivity contribution is -0.0622. The maximum atomic E-state index is 12.3. The first-order valence-electron chi connectivity index (χ1n) is 15.3. The Labute approximate surface area is 224 Å². The molecule has 4 aliphatic rings. The molecular formula is C33H50O4. The Balaban J connectivity index is 1.20. The van der Waals surface area contributed by atoms with Gasteiger partial charge in [0.2, 0.25) is 0 Å². The lowest BCUT2D eigenvalue weighted by Gasteiger charge is -2.58. The Morgan fingerprint density at radius 1 is 1.08 bits per heavy atom. The standard InChI is InChI=1S/C33H50O4/c1-22(2)8-6-9-23(3)28-13-14-29-27-12-11-24-20-25(37-31(34)36-21-26-10-7-19-35-26)15-17-32(24,4)30(27)16-18-33(28,29)5/h7,10-11,19,22-23,25,27-30H,6,8-9,12-18,20-21H2,1-5H3. The Kier molecular flexibility index (Phi) is 7.85. The fourth-order valence-corrected chi connectivity index (χ4v) is 9.45. The van der Waals surface area contributed by atoms with Crippen LogP contribution in [0, 0.1) is 46.3 Å². The van der Waals surface area contributed by atoms with Crippen molar-refractivity contribution in [3.8, 4) is 0 Å². The lowest BCUT2D eigenvalue weighted by atomic mass is 9.47. The molecule has 37 heavy (non-hydrogen) atoms. The van der Waals surface area contributed by atoms with E-state index in [-0.39, 0.29) is 18.1 Å². The minimum absolute atomic E-state index is 0.0728. The van der Waals surface area contributed by atoms with Gasteiger partial charge in [-0.05, 0) is 103 Å². The first-order chi connectivity index (χ1) is 17.7. The highest BCUT2D eigenvalue weighted by Gasteiger charge is 2.59. The molecule has 0 aromatic carbocycles. The van der Waals surface area contributed by atoms with Gasteiger partial charge in [0.1, 0.15) is 11.9 Å². The molecule has 5 rings (SSSR count). The van der Waals surface area contributed by atoms with Crippen molar-refractivity contribution in [2.24, 2.45) is 46.3 Å². The number of hydrogen-bond acceptors (Lipinski definition) is 4. The summed E-state index contributed by atoms with van der Waals surface area (Å²) in [7, 11) is 0. The third kappa shape index (κ3) is 5.28. The summed E-state index contributed by atoms with van der Waals surface area (Å²) in [6.45, 7) is 12.6. The zero-order chi connectivity index (χ0) is 26.2. The summed E-state index contributed by atoms with van der Waals surface area (Å²) >= 11 is 0. The molecule has 1 aromatic rings. The molecule has 0 radical (unpaired) electrons. The largest absolute Gasteiger partial charge is 0.509 e. The summed E-state index contributed by atoms with van der Waals surface area (Å²) in [5.74, 6) is 5.72. The number of carbonyl (C=O) groups is 1. The van der Waals surface area contributed by atoms with Gasteiger partial charge >= 0.3 is 6.16 Å². The Morgan fingerprint density at radius 3 is 2.68 bits per heavy atom. The van der Waals surface area contributed by atoms with Gasteiger partial charge in [0.15, 0.2) is 6.61 Å². The van der Waals surface area contributed by atoms with Crippen LogP contribution in [-0.2, 0) is 16.1 Å². The first-order valence-corrected chi connectivity index (χ1v) is 15.3. The molecule has 0 bridgehead atoms. The molecule has 4 aliphatic carbocycles. The van der Waals surface area contributed by atoms with Crippen molar-refractivity contribution in [1.82, 2.24) is 0 Å². The maximum Gasteiger partial charge on any atom is 0.509 e. The van der Waals surface area contributed by atoms with Gasteiger partial charge in [0.05, 0.1) is 6.26 Å². The van der Waals surface area contributed by atoms with E-state index >= 15 is 0 Å².